The van der Waals surface area contributed by atoms with E-state index in [0.717, 1.165) is 0 Å². The topological polar surface area (TPSA) is 0 Å². The van der Waals surface area contributed by atoms with Crippen LogP contribution in [0.1, 0.15) is 0 Å². The van der Waals surface area contributed by atoms with Crippen molar-refractivity contribution >= 4 is 0 Å². The first-order valence-electron chi connectivity index (χ1n) is 4.28. The first kappa shape index (κ1) is 19.6. The van der Waals surface area contributed by atoms with Crippen LogP contribution in [0.4, 0.5) is 57.1 Å². The fraction of sp³-hybridized carbons (Fsp3) is 0.500. The van der Waals surface area contributed by atoms with Gasteiger partial charge in [-0.05, 0) is 0 Å². The number of rotatable bonds is 1. The molecule has 0 rings (SSSR count). The van der Waals surface area contributed by atoms with Crippen molar-refractivity contribution in [2.45, 2.75) is 24.7 Å². The van der Waals surface area contributed by atoms with Crippen molar-refractivity contribution in [3.05, 3.63) is 23.0 Å². The average molecular weight is 344 g/mol. The van der Waals surface area contributed by atoms with Gasteiger partial charge in [0.15, 0.2) is 0 Å². The summed E-state index contributed by atoms with van der Waals surface area (Å²) in [5.74, 6) is -4.33. The maximum Gasteiger partial charge on any atom is 0.443 e. The van der Waals surface area contributed by atoms with Crippen LogP contribution in [0, 0.1) is 0 Å². The van der Waals surface area contributed by atoms with E-state index in [9.17, 15) is 57.1 Å². The summed E-state index contributed by atoms with van der Waals surface area (Å²) in [6.07, 6.45) is -27.9. The van der Waals surface area contributed by atoms with Crippen molar-refractivity contribution in [1.29, 1.82) is 0 Å². The van der Waals surface area contributed by atoms with E-state index in [4.69, 9.17) is 0 Å². The first-order chi connectivity index (χ1) is 8.87. The third-order valence-electron chi connectivity index (χ3n) is 1.63. The van der Waals surface area contributed by atoms with E-state index < -0.39 is 47.8 Å². The van der Waals surface area contributed by atoms with Gasteiger partial charge in [-0.3, -0.25) is 0 Å². The standard InChI is InChI=1S/C8HF13/c9-4(8(19,20)21)3(7(16,17)18)2(6(13,14)15)1-5(10,11)12/h1H. The second-order valence-electron chi connectivity index (χ2n) is 3.28. The Bertz CT molecular complexity index is 435. The third-order valence-corrected chi connectivity index (χ3v) is 1.63. The minimum absolute atomic E-state index is 2.10. The van der Waals surface area contributed by atoms with Crippen molar-refractivity contribution in [1.82, 2.24) is 0 Å². The Balaban J connectivity index is 6.60. The van der Waals surface area contributed by atoms with Crippen LogP contribution in [0.5, 0.6) is 0 Å². The molecule has 0 aromatic carbocycles. The highest BCUT2D eigenvalue weighted by atomic mass is 19.4. The Morgan fingerprint density at radius 3 is 1.14 bits per heavy atom. The molecule has 0 aliphatic heterocycles. The molecule has 0 amide bonds. The van der Waals surface area contributed by atoms with Crippen LogP contribution in [0.25, 0.3) is 0 Å². The van der Waals surface area contributed by atoms with E-state index >= 15 is 0 Å². The Morgan fingerprint density at radius 2 is 0.952 bits per heavy atom. The molecule has 0 aromatic heterocycles. The predicted octanol–water partition coefficient (Wildman–Crippen LogP) is 5.39. The highest BCUT2D eigenvalue weighted by Gasteiger charge is 2.54. The Labute approximate surface area is 106 Å². The van der Waals surface area contributed by atoms with E-state index in [2.05, 4.69) is 0 Å². The number of alkyl halides is 12. The second-order valence-corrected chi connectivity index (χ2v) is 3.28. The van der Waals surface area contributed by atoms with Crippen molar-refractivity contribution in [3.63, 3.8) is 0 Å². The molecule has 0 N–H and O–H groups in total. The van der Waals surface area contributed by atoms with E-state index in [-0.39, 0.29) is 0 Å². The molecule has 0 radical (unpaired) electrons. The highest BCUT2D eigenvalue weighted by Crippen LogP contribution is 2.46. The number of allylic oxidation sites excluding steroid dienone is 4. The van der Waals surface area contributed by atoms with Crippen LogP contribution in [-0.4, -0.2) is 24.7 Å². The zero-order chi connectivity index (χ0) is 17.4. The largest absolute Gasteiger partial charge is 0.443 e. The lowest BCUT2D eigenvalue weighted by molar-refractivity contribution is -0.140. The van der Waals surface area contributed by atoms with Crippen LogP contribution in [0.3, 0.4) is 0 Å². The number of hydrogen-bond donors (Lipinski definition) is 0. The van der Waals surface area contributed by atoms with Crippen molar-refractivity contribution < 1.29 is 57.1 Å². The zero-order valence-electron chi connectivity index (χ0n) is 8.99. The second kappa shape index (κ2) is 5.40. The van der Waals surface area contributed by atoms with Gasteiger partial charge in [-0.25, -0.2) is 4.39 Å². The molecule has 0 heterocycles. The molecule has 124 valence electrons. The number of halogens is 13. The molecular formula is C8HF13. The lowest BCUT2D eigenvalue weighted by Crippen LogP contribution is -2.29. The summed E-state index contributed by atoms with van der Waals surface area (Å²) in [7, 11) is 0. The Morgan fingerprint density at radius 1 is 0.571 bits per heavy atom. The van der Waals surface area contributed by atoms with Gasteiger partial charge in [-0.2, -0.15) is 52.7 Å². The lowest BCUT2D eigenvalue weighted by Gasteiger charge is -2.20. The van der Waals surface area contributed by atoms with Gasteiger partial charge in [0.25, 0.3) is 0 Å². The molecule has 0 saturated carbocycles. The SMILES string of the molecule is FC(=C(C(=CC(F)(F)F)C(F)(F)F)C(F)(F)F)C(F)(F)F. The van der Waals surface area contributed by atoms with Gasteiger partial charge < -0.3 is 0 Å². The molecule has 0 bridgehead atoms. The summed E-state index contributed by atoms with van der Waals surface area (Å²) in [6, 6.07) is 0. The van der Waals surface area contributed by atoms with Crippen molar-refractivity contribution in [2.24, 2.45) is 0 Å². The van der Waals surface area contributed by atoms with E-state index in [1.165, 1.54) is 0 Å². The summed E-state index contributed by atoms with van der Waals surface area (Å²) >= 11 is 0. The highest BCUT2D eigenvalue weighted by molar-refractivity contribution is 5.42. The van der Waals surface area contributed by atoms with Crippen LogP contribution >= 0.6 is 0 Å². The average Bonchev–Trinajstić information content (AvgIpc) is 2.08. The molecule has 0 aliphatic rings. The lowest BCUT2D eigenvalue weighted by atomic mass is 10.0. The van der Waals surface area contributed by atoms with Crippen LogP contribution in [0.15, 0.2) is 23.0 Å². The third kappa shape index (κ3) is 5.83. The van der Waals surface area contributed by atoms with Gasteiger partial charge in [-0.1, -0.05) is 0 Å². The minimum Gasteiger partial charge on any atom is -0.201 e. The molecule has 13 heteroatoms. The predicted molar refractivity (Wildman–Crippen MR) is 40.4 cm³/mol. The molecule has 0 spiro atoms. The molecule has 21 heavy (non-hydrogen) atoms. The summed E-state index contributed by atoms with van der Waals surface area (Å²) in [5, 5.41) is 0. The fourth-order valence-corrected chi connectivity index (χ4v) is 0.997. The maximum absolute atomic E-state index is 12.6. The van der Waals surface area contributed by atoms with Crippen molar-refractivity contribution in [2.75, 3.05) is 0 Å². The van der Waals surface area contributed by atoms with E-state index in [1.54, 1.807) is 0 Å². The molecule has 0 fully saturated rings. The number of hydrogen-bond acceptors (Lipinski definition) is 0. The molecule has 0 saturated heterocycles. The quantitative estimate of drug-likeness (QED) is 0.442. The summed E-state index contributed by atoms with van der Waals surface area (Å²) in [4.78, 5) is 0. The monoisotopic (exact) mass is 344 g/mol. The van der Waals surface area contributed by atoms with Crippen LogP contribution < -0.4 is 0 Å². The van der Waals surface area contributed by atoms with Crippen molar-refractivity contribution in [3.8, 4) is 0 Å². The first-order valence-corrected chi connectivity index (χ1v) is 4.28. The molecular weight excluding hydrogens is 343 g/mol. The molecule has 0 aliphatic carbocycles. The van der Waals surface area contributed by atoms with Gasteiger partial charge in [0.2, 0.25) is 5.83 Å². The van der Waals surface area contributed by atoms with Gasteiger partial charge in [0.1, 0.15) is 5.57 Å². The smallest absolute Gasteiger partial charge is 0.201 e. The van der Waals surface area contributed by atoms with Gasteiger partial charge >= 0.3 is 24.7 Å². The van der Waals surface area contributed by atoms with Crippen LogP contribution in [0.2, 0.25) is 0 Å². The molecule has 0 nitrogen and oxygen atoms in total. The van der Waals surface area contributed by atoms with E-state index in [1.807, 2.05) is 0 Å². The molecule has 0 unspecified atom stereocenters. The Kier molecular flexibility index (Phi) is 5.04. The van der Waals surface area contributed by atoms with Gasteiger partial charge in [0, 0.05) is 6.08 Å². The van der Waals surface area contributed by atoms with E-state index in [0.29, 0.717) is 0 Å². The van der Waals surface area contributed by atoms with Crippen LogP contribution in [-0.2, 0) is 0 Å². The van der Waals surface area contributed by atoms with Gasteiger partial charge in [-0.15, -0.1) is 0 Å². The maximum atomic E-state index is 12.6. The minimum atomic E-state index is -6.66. The summed E-state index contributed by atoms with van der Waals surface area (Å²) in [5.41, 5.74) is -7.93. The Hall–Kier alpha value is -1.43. The molecule has 0 atom stereocenters. The zero-order valence-corrected chi connectivity index (χ0v) is 8.99. The fourth-order valence-electron chi connectivity index (χ4n) is 0.997. The van der Waals surface area contributed by atoms with Gasteiger partial charge in [0.05, 0.1) is 5.57 Å². The summed E-state index contributed by atoms with van der Waals surface area (Å²) < 4.78 is 156. The molecule has 0 aromatic rings. The summed E-state index contributed by atoms with van der Waals surface area (Å²) in [6.45, 7) is 0. The normalized spacial score (nSPS) is 16.9.